The van der Waals surface area contributed by atoms with E-state index in [0.29, 0.717) is 17.5 Å². The minimum absolute atomic E-state index is 0.0280. The predicted molar refractivity (Wildman–Crippen MR) is 56.3 cm³/mol. The molecule has 94 valence electrons. The van der Waals surface area contributed by atoms with Gasteiger partial charge in [0.05, 0.1) is 11.6 Å². The molecular formula is C12H9F3N2O. The Labute approximate surface area is 101 Å². The van der Waals surface area contributed by atoms with Gasteiger partial charge in [-0.3, -0.25) is 4.79 Å². The zero-order valence-electron chi connectivity index (χ0n) is 9.29. The first kappa shape index (κ1) is 12.4. The summed E-state index contributed by atoms with van der Waals surface area (Å²) in [5.74, 6) is -1.81. The van der Waals surface area contributed by atoms with E-state index in [4.69, 9.17) is 5.26 Å². The molecule has 6 heteroatoms. The lowest BCUT2D eigenvalue weighted by molar-refractivity contribution is -0.186. The average Bonchev–Trinajstić information content (AvgIpc) is 2.35. The van der Waals surface area contributed by atoms with Gasteiger partial charge in [-0.15, -0.1) is 0 Å². The van der Waals surface area contributed by atoms with Gasteiger partial charge in [0.15, 0.2) is 0 Å². The van der Waals surface area contributed by atoms with Crippen LogP contribution in [0.25, 0.3) is 0 Å². The summed E-state index contributed by atoms with van der Waals surface area (Å²) >= 11 is 0. The lowest BCUT2D eigenvalue weighted by Crippen LogP contribution is -2.43. The molecule has 0 unspecified atom stereocenters. The molecule has 1 heterocycles. The molecule has 0 saturated carbocycles. The fourth-order valence-corrected chi connectivity index (χ4v) is 1.98. The molecule has 1 aliphatic rings. The van der Waals surface area contributed by atoms with E-state index in [2.05, 4.69) is 0 Å². The van der Waals surface area contributed by atoms with Crippen molar-refractivity contribution in [3.05, 3.63) is 34.9 Å². The highest BCUT2D eigenvalue weighted by Gasteiger charge is 2.43. The maximum atomic E-state index is 12.3. The Morgan fingerprint density at radius 3 is 2.67 bits per heavy atom. The average molecular weight is 254 g/mol. The lowest BCUT2D eigenvalue weighted by atomic mass is 9.97. The number of amides is 1. The van der Waals surface area contributed by atoms with Crippen molar-refractivity contribution in [3.63, 3.8) is 0 Å². The molecule has 1 aromatic carbocycles. The van der Waals surface area contributed by atoms with E-state index in [1.54, 1.807) is 18.2 Å². The Balaban J connectivity index is 2.21. The van der Waals surface area contributed by atoms with Crippen LogP contribution in [0.15, 0.2) is 18.2 Å². The Bertz CT molecular complexity index is 531. The summed E-state index contributed by atoms with van der Waals surface area (Å²) in [5, 5.41) is 8.72. The van der Waals surface area contributed by atoms with Gasteiger partial charge in [0.25, 0.3) is 0 Å². The van der Waals surface area contributed by atoms with Gasteiger partial charge in [0, 0.05) is 13.1 Å². The quantitative estimate of drug-likeness (QED) is 0.710. The predicted octanol–water partition coefficient (Wildman–Crippen LogP) is 2.01. The van der Waals surface area contributed by atoms with Crippen LogP contribution in [0.5, 0.6) is 0 Å². The van der Waals surface area contributed by atoms with Crippen LogP contribution in [0.1, 0.15) is 16.7 Å². The van der Waals surface area contributed by atoms with Gasteiger partial charge in [-0.25, -0.2) is 0 Å². The van der Waals surface area contributed by atoms with Crippen LogP contribution in [0.4, 0.5) is 13.2 Å². The summed E-state index contributed by atoms with van der Waals surface area (Å²) in [6.07, 6.45) is -4.49. The number of halogens is 3. The van der Waals surface area contributed by atoms with E-state index < -0.39 is 12.1 Å². The maximum Gasteiger partial charge on any atom is 0.471 e. The van der Waals surface area contributed by atoms with Crippen molar-refractivity contribution < 1.29 is 18.0 Å². The van der Waals surface area contributed by atoms with Gasteiger partial charge in [0.1, 0.15) is 0 Å². The third kappa shape index (κ3) is 2.30. The Morgan fingerprint density at radius 1 is 1.33 bits per heavy atom. The third-order valence-corrected chi connectivity index (χ3v) is 2.88. The topological polar surface area (TPSA) is 44.1 Å². The van der Waals surface area contributed by atoms with Crippen molar-refractivity contribution in [2.45, 2.75) is 19.1 Å². The number of alkyl halides is 3. The maximum absolute atomic E-state index is 12.3. The Hall–Kier alpha value is -2.03. The zero-order valence-corrected chi connectivity index (χ0v) is 9.29. The summed E-state index contributed by atoms with van der Waals surface area (Å²) in [5.41, 5.74) is 1.97. The second-order valence-electron chi connectivity index (χ2n) is 4.07. The number of carbonyl (C=O) groups is 1. The van der Waals surface area contributed by atoms with Gasteiger partial charge >= 0.3 is 12.1 Å². The van der Waals surface area contributed by atoms with Crippen molar-refractivity contribution in [1.29, 1.82) is 5.26 Å². The van der Waals surface area contributed by atoms with Crippen LogP contribution < -0.4 is 0 Å². The highest BCUT2D eigenvalue weighted by molar-refractivity contribution is 5.82. The number of carbonyl (C=O) groups excluding carboxylic acids is 1. The first-order valence-corrected chi connectivity index (χ1v) is 5.30. The van der Waals surface area contributed by atoms with Crippen molar-refractivity contribution in [2.24, 2.45) is 0 Å². The summed E-state index contributed by atoms with van der Waals surface area (Å²) in [7, 11) is 0. The molecule has 0 bridgehead atoms. The largest absolute Gasteiger partial charge is 0.471 e. The van der Waals surface area contributed by atoms with E-state index in [9.17, 15) is 18.0 Å². The molecule has 1 aliphatic heterocycles. The summed E-state index contributed by atoms with van der Waals surface area (Å²) in [6, 6.07) is 6.78. The first-order chi connectivity index (χ1) is 8.41. The molecular weight excluding hydrogens is 245 g/mol. The molecule has 0 atom stereocenters. The monoisotopic (exact) mass is 254 g/mol. The van der Waals surface area contributed by atoms with Crippen molar-refractivity contribution in [1.82, 2.24) is 4.90 Å². The number of nitriles is 1. The summed E-state index contributed by atoms with van der Waals surface area (Å²) in [6.45, 7) is -0.0282. The zero-order chi connectivity index (χ0) is 13.3. The molecule has 0 N–H and O–H groups in total. The number of hydrogen-bond acceptors (Lipinski definition) is 2. The second-order valence-corrected chi connectivity index (χ2v) is 4.07. The summed E-state index contributed by atoms with van der Waals surface area (Å²) in [4.78, 5) is 11.9. The molecule has 2 rings (SSSR count). The molecule has 0 fully saturated rings. The van der Waals surface area contributed by atoms with Crippen LogP contribution >= 0.6 is 0 Å². The molecule has 0 saturated heterocycles. The molecule has 0 spiro atoms. The Morgan fingerprint density at radius 2 is 2.06 bits per heavy atom. The molecule has 0 aliphatic carbocycles. The van der Waals surface area contributed by atoms with Crippen LogP contribution in [0.3, 0.4) is 0 Å². The normalized spacial score (nSPS) is 14.9. The molecule has 0 radical (unpaired) electrons. The number of nitrogens with zero attached hydrogens (tertiary/aromatic N) is 2. The molecule has 18 heavy (non-hydrogen) atoms. The van der Waals surface area contributed by atoms with Crippen LogP contribution in [-0.2, 0) is 17.8 Å². The van der Waals surface area contributed by atoms with Crippen molar-refractivity contribution in [2.75, 3.05) is 6.54 Å². The smallest absolute Gasteiger partial charge is 0.330 e. The fourth-order valence-electron chi connectivity index (χ4n) is 1.98. The number of rotatable bonds is 0. The van der Waals surface area contributed by atoms with Gasteiger partial charge in [-0.1, -0.05) is 6.07 Å². The van der Waals surface area contributed by atoms with E-state index in [1.807, 2.05) is 6.07 Å². The van der Waals surface area contributed by atoms with Gasteiger partial charge in [-0.2, -0.15) is 18.4 Å². The third-order valence-electron chi connectivity index (χ3n) is 2.88. The van der Waals surface area contributed by atoms with Gasteiger partial charge < -0.3 is 4.90 Å². The highest BCUT2D eigenvalue weighted by Crippen LogP contribution is 2.25. The van der Waals surface area contributed by atoms with E-state index in [0.717, 1.165) is 10.5 Å². The number of benzene rings is 1. The van der Waals surface area contributed by atoms with Crippen LogP contribution in [0.2, 0.25) is 0 Å². The molecule has 1 aromatic rings. The lowest BCUT2D eigenvalue weighted by Gasteiger charge is -2.29. The van der Waals surface area contributed by atoms with Crippen LogP contribution in [-0.4, -0.2) is 23.5 Å². The van der Waals surface area contributed by atoms with E-state index >= 15 is 0 Å². The molecule has 3 nitrogen and oxygen atoms in total. The van der Waals surface area contributed by atoms with Gasteiger partial charge in [-0.05, 0) is 29.7 Å². The molecule has 1 amide bonds. The first-order valence-electron chi connectivity index (χ1n) is 5.30. The number of fused-ring (bicyclic) bond motifs is 1. The Kier molecular flexibility index (Phi) is 2.99. The van der Waals surface area contributed by atoms with Crippen molar-refractivity contribution >= 4 is 5.91 Å². The van der Waals surface area contributed by atoms with Crippen molar-refractivity contribution in [3.8, 4) is 6.07 Å². The number of hydrogen-bond donors (Lipinski definition) is 0. The highest BCUT2D eigenvalue weighted by atomic mass is 19.4. The summed E-state index contributed by atoms with van der Waals surface area (Å²) < 4.78 is 36.9. The second kappa shape index (κ2) is 4.33. The molecule has 0 aromatic heterocycles. The minimum Gasteiger partial charge on any atom is -0.330 e. The van der Waals surface area contributed by atoms with Crippen LogP contribution in [0, 0.1) is 11.3 Å². The minimum atomic E-state index is -4.83. The van der Waals surface area contributed by atoms with E-state index in [1.165, 1.54) is 0 Å². The standard InChI is InChI=1S/C12H9F3N2O/c13-12(14,15)11(18)17-4-3-9-5-8(6-16)1-2-10(9)7-17/h1-2,5H,3-4,7H2. The van der Waals surface area contributed by atoms with E-state index in [-0.39, 0.29) is 13.1 Å². The fraction of sp³-hybridized carbons (Fsp3) is 0.333. The van der Waals surface area contributed by atoms with Gasteiger partial charge in [0.2, 0.25) is 0 Å². The SMILES string of the molecule is N#Cc1ccc2c(c1)CCN(C(=O)C(F)(F)F)C2.